The van der Waals surface area contributed by atoms with Crippen LogP contribution in [0, 0.1) is 6.92 Å². The number of anilines is 1. The van der Waals surface area contributed by atoms with Gasteiger partial charge in [0, 0.05) is 17.6 Å². The second-order valence-corrected chi connectivity index (χ2v) is 12.8. The fraction of sp³-hybridized carbons (Fsp3) is 0.375. The third kappa shape index (κ3) is 7.44. The van der Waals surface area contributed by atoms with Crippen molar-refractivity contribution in [1.82, 2.24) is 10.2 Å². The predicted octanol–water partition coefficient (Wildman–Crippen LogP) is 5.72. The lowest BCUT2D eigenvalue weighted by Crippen LogP contribution is -2.52. The second-order valence-electron chi connectivity index (χ2n) is 10.5. The molecule has 0 unspecified atom stereocenters. The molecule has 2 amide bonds. The number of benzene rings is 3. The Hall–Kier alpha value is -3.56. The molecule has 224 valence electrons. The first-order chi connectivity index (χ1) is 20.1. The first kappa shape index (κ1) is 31.4. The van der Waals surface area contributed by atoms with E-state index in [2.05, 4.69) is 5.32 Å². The summed E-state index contributed by atoms with van der Waals surface area (Å²) in [5.74, 6) is -0.510. The van der Waals surface area contributed by atoms with Gasteiger partial charge in [-0.05, 0) is 69.5 Å². The van der Waals surface area contributed by atoms with Crippen LogP contribution < -0.4 is 14.4 Å². The average molecular weight is 612 g/mol. The number of hydrogen-bond donors (Lipinski definition) is 1. The molecular formula is C32H38ClN3O5S. The minimum absolute atomic E-state index is 0.0310. The molecule has 3 aromatic carbocycles. The van der Waals surface area contributed by atoms with Gasteiger partial charge in [-0.3, -0.25) is 13.9 Å². The van der Waals surface area contributed by atoms with Crippen LogP contribution in [-0.2, 0) is 26.2 Å². The Balaban J connectivity index is 1.73. The SMILES string of the molecule is CCOc1ccccc1N(CC(=O)N(Cc1ccccc1Cl)[C@@H](C)C(=O)NC1CCCC1)S(=O)(=O)c1ccc(C)cc1. The summed E-state index contributed by atoms with van der Waals surface area (Å²) in [4.78, 5) is 29.0. The highest BCUT2D eigenvalue weighted by molar-refractivity contribution is 7.92. The number of nitrogens with zero attached hydrogens (tertiary/aromatic N) is 2. The maximum Gasteiger partial charge on any atom is 0.264 e. The highest BCUT2D eigenvalue weighted by atomic mass is 35.5. The molecule has 1 fully saturated rings. The molecule has 1 atom stereocenters. The van der Waals surface area contributed by atoms with E-state index in [4.69, 9.17) is 16.3 Å². The number of halogens is 1. The van der Waals surface area contributed by atoms with E-state index in [9.17, 15) is 18.0 Å². The van der Waals surface area contributed by atoms with E-state index in [0.29, 0.717) is 22.9 Å². The van der Waals surface area contributed by atoms with E-state index < -0.39 is 28.5 Å². The zero-order valence-corrected chi connectivity index (χ0v) is 25.8. The monoisotopic (exact) mass is 611 g/mol. The third-order valence-electron chi connectivity index (χ3n) is 7.49. The lowest BCUT2D eigenvalue weighted by atomic mass is 10.1. The molecule has 0 radical (unpaired) electrons. The standard InChI is InChI=1S/C32H38ClN3O5S/c1-4-41-30-16-10-9-15-29(30)36(42(39,40)27-19-17-23(2)18-20-27)22-31(37)35(21-25-11-5-8-14-28(25)33)24(3)32(38)34-26-12-6-7-13-26/h5,8-11,14-20,24,26H,4,6-7,12-13,21-22H2,1-3H3,(H,34,38)/t24-/m0/s1. The molecule has 0 aromatic heterocycles. The Kier molecular flexibility index (Phi) is 10.5. The van der Waals surface area contributed by atoms with Crippen molar-refractivity contribution in [3.8, 4) is 5.75 Å². The number of rotatable bonds is 12. The van der Waals surface area contributed by atoms with Crippen molar-refractivity contribution in [3.63, 3.8) is 0 Å². The molecule has 42 heavy (non-hydrogen) atoms. The summed E-state index contributed by atoms with van der Waals surface area (Å²) in [6.45, 7) is 5.12. The van der Waals surface area contributed by atoms with Crippen LogP contribution in [0.5, 0.6) is 5.75 Å². The minimum atomic E-state index is -4.21. The minimum Gasteiger partial charge on any atom is -0.492 e. The molecule has 1 saturated carbocycles. The maximum absolute atomic E-state index is 14.2. The van der Waals surface area contributed by atoms with Crippen LogP contribution in [0.25, 0.3) is 0 Å². The van der Waals surface area contributed by atoms with E-state index in [1.165, 1.54) is 17.0 Å². The van der Waals surface area contributed by atoms with Crippen LogP contribution in [0.3, 0.4) is 0 Å². The first-order valence-electron chi connectivity index (χ1n) is 14.3. The van der Waals surface area contributed by atoms with Crippen molar-refractivity contribution in [3.05, 3.63) is 88.9 Å². The molecule has 1 aliphatic carbocycles. The lowest BCUT2D eigenvalue weighted by molar-refractivity contribution is -0.139. The first-order valence-corrected chi connectivity index (χ1v) is 16.1. The smallest absolute Gasteiger partial charge is 0.264 e. The van der Waals surface area contributed by atoms with Gasteiger partial charge in [-0.15, -0.1) is 0 Å². The van der Waals surface area contributed by atoms with Gasteiger partial charge in [0.2, 0.25) is 11.8 Å². The fourth-order valence-corrected chi connectivity index (χ4v) is 6.70. The summed E-state index contributed by atoms with van der Waals surface area (Å²) in [5, 5.41) is 3.52. The zero-order valence-electron chi connectivity index (χ0n) is 24.3. The van der Waals surface area contributed by atoms with Gasteiger partial charge in [0.05, 0.1) is 17.2 Å². The number of ether oxygens (including phenoxy) is 1. The highest BCUT2D eigenvalue weighted by Gasteiger charge is 2.34. The molecule has 4 rings (SSSR count). The van der Waals surface area contributed by atoms with Crippen LogP contribution >= 0.6 is 11.6 Å². The predicted molar refractivity (Wildman–Crippen MR) is 165 cm³/mol. The highest BCUT2D eigenvalue weighted by Crippen LogP contribution is 2.33. The van der Waals surface area contributed by atoms with Gasteiger partial charge in [-0.2, -0.15) is 0 Å². The van der Waals surface area contributed by atoms with Gasteiger partial charge in [0.1, 0.15) is 18.3 Å². The zero-order chi connectivity index (χ0) is 30.3. The van der Waals surface area contributed by atoms with Gasteiger partial charge in [0.15, 0.2) is 0 Å². The quantitative estimate of drug-likeness (QED) is 0.283. The van der Waals surface area contributed by atoms with Crippen LogP contribution in [0.15, 0.2) is 77.7 Å². The lowest BCUT2D eigenvalue weighted by Gasteiger charge is -2.33. The van der Waals surface area contributed by atoms with Crippen molar-refractivity contribution >= 4 is 39.1 Å². The van der Waals surface area contributed by atoms with Gasteiger partial charge in [-0.25, -0.2) is 8.42 Å². The van der Waals surface area contributed by atoms with Gasteiger partial charge >= 0.3 is 0 Å². The van der Waals surface area contributed by atoms with E-state index in [-0.39, 0.29) is 29.1 Å². The molecule has 0 spiro atoms. The molecule has 0 saturated heterocycles. The largest absolute Gasteiger partial charge is 0.492 e. The number of nitrogens with one attached hydrogen (secondary N) is 1. The molecule has 3 aromatic rings. The van der Waals surface area contributed by atoms with Gasteiger partial charge in [0.25, 0.3) is 10.0 Å². The van der Waals surface area contributed by atoms with Crippen molar-refractivity contribution < 1.29 is 22.7 Å². The maximum atomic E-state index is 14.2. The number of para-hydroxylation sites is 2. The number of carbonyl (C=O) groups is 2. The van der Waals surface area contributed by atoms with E-state index in [0.717, 1.165) is 35.6 Å². The molecule has 0 aliphatic heterocycles. The Morgan fingerprint density at radius 2 is 1.64 bits per heavy atom. The second kappa shape index (κ2) is 14.1. The summed E-state index contributed by atoms with van der Waals surface area (Å²) in [6.07, 6.45) is 3.89. The molecule has 10 heteroatoms. The number of aryl methyl sites for hydroxylation is 1. The summed E-state index contributed by atoms with van der Waals surface area (Å²) in [5.41, 5.74) is 1.78. The molecule has 0 heterocycles. The van der Waals surface area contributed by atoms with Crippen molar-refractivity contribution in [1.29, 1.82) is 0 Å². The Morgan fingerprint density at radius 3 is 2.31 bits per heavy atom. The van der Waals surface area contributed by atoms with Gasteiger partial charge < -0.3 is 15.0 Å². The van der Waals surface area contributed by atoms with E-state index >= 15 is 0 Å². The number of hydrogen-bond acceptors (Lipinski definition) is 5. The Bertz CT molecular complexity index is 1490. The van der Waals surface area contributed by atoms with Crippen LogP contribution in [0.1, 0.15) is 50.7 Å². The van der Waals surface area contributed by atoms with Crippen LogP contribution in [0.4, 0.5) is 5.69 Å². The summed E-state index contributed by atoms with van der Waals surface area (Å²) < 4.78 is 35.0. The van der Waals surface area contributed by atoms with Crippen molar-refractivity contribution in [2.24, 2.45) is 0 Å². The molecule has 1 aliphatic rings. The third-order valence-corrected chi connectivity index (χ3v) is 9.63. The number of amides is 2. The topological polar surface area (TPSA) is 96.0 Å². The van der Waals surface area contributed by atoms with Crippen molar-refractivity contribution in [2.75, 3.05) is 17.5 Å². The Morgan fingerprint density at radius 1 is 1.00 bits per heavy atom. The number of sulfonamides is 1. The molecule has 1 N–H and O–H groups in total. The number of carbonyl (C=O) groups excluding carboxylic acids is 2. The summed E-state index contributed by atoms with van der Waals surface area (Å²) in [7, 11) is -4.21. The Labute approximate surface area is 253 Å². The normalized spacial score (nSPS) is 14.3. The molecule has 0 bridgehead atoms. The van der Waals surface area contributed by atoms with E-state index in [1.807, 2.05) is 6.92 Å². The fourth-order valence-electron chi connectivity index (χ4n) is 5.08. The molecule has 8 nitrogen and oxygen atoms in total. The van der Waals surface area contributed by atoms with Gasteiger partial charge in [-0.1, -0.05) is 72.5 Å². The van der Waals surface area contributed by atoms with E-state index in [1.54, 1.807) is 74.5 Å². The molecular weight excluding hydrogens is 574 g/mol. The van der Waals surface area contributed by atoms with Crippen molar-refractivity contribution in [2.45, 2.75) is 70.0 Å². The average Bonchev–Trinajstić information content (AvgIpc) is 3.49. The summed E-state index contributed by atoms with van der Waals surface area (Å²) in [6, 6.07) is 19.5. The van der Waals surface area contributed by atoms with Crippen LogP contribution in [0.2, 0.25) is 5.02 Å². The summed E-state index contributed by atoms with van der Waals surface area (Å²) >= 11 is 6.46. The van der Waals surface area contributed by atoms with Crippen LogP contribution in [-0.4, -0.2) is 50.4 Å².